The summed E-state index contributed by atoms with van der Waals surface area (Å²) < 4.78 is 5.04. The van der Waals surface area contributed by atoms with E-state index in [0.717, 1.165) is 19.5 Å². The van der Waals surface area contributed by atoms with Gasteiger partial charge in [-0.25, -0.2) is 0 Å². The topological polar surface area (TPSA) is 29.5 Å². The minimum atomic E-state index is -0.115. The summed E-state index contributed by atoms with van der Waals surface area (Å²) in [6.07, 6.45) is 3.53. The average Bonchev–Trinajstić information content (AvgIpc) is 2.43. The van der Waals surface area contributed by atoms with Crippen molar-refractivity contribution < 1.29 is 9.53 Å². The zero-order chi connectivity index (χ0) is 15.3. The molecule has 0 fully saturated rings. The lowest BCUT2D eigenvalue weighted by Crippen LogP contribution is -2.46. The summed E-state index contributed by atoms with van der Waals surface area (Å²) in [5.74, 6) is -0.115. The Morgan fingerprint density at radius 1 is 1.29 bits per heavy atom. The second kappa shape index (κ2) is 6.90. The molecule has 0 unspecified atom stereocenters. The van der Waals surface area contributed by atoms with Crippen molar-refractivity contribution >= 4 is 5.97 Å². The van der Waals surface area contributed by atoms with E-state index in [1.165, 1.54) is 11.1 Å². The molecule has 1 aromatic rings. The Labute approximate surface area is 127 Å². The van der Waals surface area contributed by atoms with Gasteiger partial charge in [-0.15, -0.1) is 0 Å². The number of hydrogen-bond donors (Lipinski definition) is 0. The molecule has 0 atom stereocenters. The first-order valence-corrected chi connectivity index (χ1v) is 7.64. The summed E-state index contributed by atoms with van der Waals surface area (Å²) in [6.45, 7) is 8.62. The third-order valence-corrected chi connectivity index (χ3v) is 4.01. The molecule has 0 amide bonds. The molecule has 114 valence electrons. The maximum absolute atomic E-state index is 11.6. The van der Waals surface area contributed by atoms with E-state index in [2.05, 4.69) is 49.1 Å². The molecule has 0 saturated carbocycles. The van der Waals surface area contributed by atoms with E-state index in [4.69, 9.17) is 4.74 Å². The van der Waals surface area contributed by atoms with Crippen molar-refractivity contribution in [1.29, 1.82) is 0 Å². The first-order valence-electron chi connectivity index (χ1n) is 7.64. The van der Waals surface area contributed by atoms with Crippen LogP contribution in [0.15, 0.2) is 42.0 Å². The first kappa shape index (κ1) is 15.8. The van der Waals surface area contributed by atoms with Gasteiger partial charge in [-0.3, -0.25) is 9.69 Å². The van der Waals surface area contributed by atoms with Crippen molar-refractivity contribution in [3.63, 3.8) is 0 Å². The molecular weight excluding hydrogens is 262 g/mol. The summed E-state index contributed by atoms with van der Waals surface area (Å²) in [5, 5.41) is 0. The predicted molar refractivity (Wildman–Crippen MR) is 84.9 cm³/mol. The molecule has 0 saturated heterocycles. The maximum atomic E-state index is 11.6. The summed E-state index contributed by atoms with van der Waals surface area (Å²) in [5.41, 5.74) is 2.59. The van der Waals surface area contributed by atoms with Gasteiger partial charge in [0.1, 0.15) is 0 Å². The zero-order valence-electron chi connectivity index (χ0n) is 13.3. The quantitative estimate of drug-likeness (QED) is 0.612. The molecule has 3 nitrogen and oxygen atoms in total. The van der Waals surface area contributed by atoms with E-state index in [0.29, 0.717) is 13.0 Å². The van der Waals surface area contributed by atoms with Gasteiger partial charge in [0.15, 0.2) is 0 Å². The predicted octanol–water partition coefficient (Wildman–Crippen LogP) is 3.55. The largest absolute Gasteiger partial charge is 0.466 e. The highest BCUT2D eigenvalue weighted by Crippen LogP contribution is 2.30. The molecule has 1 aromatic carbocycles. The summed E-state index contributed by atoms with van der Waals surface area (Å²) in [7, 11) is 0. The van der Waals surface area contributed by atoms with Crippen LogP contribution in [0.5, 0.6) is 0 Å². The molecule has 1 aliphatic rings. The third-order valence-electron chi connectivity index (χ3n) is 4.01. The summed E-state index contributed by atoms with van der Waals surface area (Å²) in [6, 6.07) is 10.5. The van der Waals surface area contributed by atoms with Gasteiger partial charge in [-0.05, 0) is 32.8 Å². The monoisotopic (exact) mass is 287 g/mol. The van der Waals surface area contributed by atoms with Crippen molar-refractivity contribution in [1.82, 2.24) is 4.90 Å². The average molecular weight is 287 g/mol. The third kappa shape index (κ3) is 4.43. The Kier molecular flexibility index (Phi) is 5.18. The van der Waals surface area contributed by atoms with Gasteiger partial charge < -0.3 is 4.74 Å². The first-order chi connectivity index (χ1) is 10.0. The number of rotatable bonds is 5. The molecule has 0 aromatic heterocycles. The van der Waals surface area contributed by atoms with Crippen LogP contribution in [0.4, 0.5) is 0 Å². The van der Waals surface area contributed by atoms with Crippen LogP contribution in [0.1, 0.15) is 39.2 Å². The van der Waals surface area contributed by atoms with Gasteiger partial charge in [0.2, 0.25) is 0 Å². The van der Waals surface area contributed by atoms with Crippen LogP contribution in [0.3, 0.4) is 0 Å². The Morgan fingerprint density at radius 2 is 2.00 bits per heavy atom. The molecule has 21 heavy (non-hydrogen) atoms. The second-order valence-electron chi connectivity index (χ2n) is 6.20. The van der Waals surface area contributed by atoms with Crippen LogP contribution in [0, 0.1) is 0 Å². The van der Waals surface area contributed by atoms with E-state index < -0.39 is 0 Å². The molecule has 1 heterocycles. The van der Waals surface area contributed by atoms with E-state index in [9.17, 15) is 4.79 Å². The molecule has 3 heteroatoms. The fourth-order valence-electron chi connectivity index (χ4n) is 2.84. The summed E-state index contributed by atoms with van der Waals surface area (Å²) in [4.78, 5) is 14.1. The molecule has 0 N–H and O–H groups in total. The lowest BCUT2D eigenvalue weighted by Gasteiger charge is -2.42. The van der Waals surface area contributed by atoms with Gasteiger partial charge in [0.05, 0.1) is 13.0 Å². The van der Waals surface area contributed by atoms with E-state index >= 15 is 0 Å². The molecule has 1 aliphatic heterocycles. The van der Waals surface area contributed by atoms with Gasteiger partial charge in [0, 0.05) is 18.6 Å². The van der Waals surface area contributed by atoms with Gasteiger partial charge in [-0.1, -0.05) is 42.0 Å². The van der Waals surface area contributed by atoms with E-state index in [1.54, 1.807) is 0 Å². The molecular formula is C18H25NO2. The standard InChI is InChI=1S/C18H25NO2/c1-4-21-17(20)12-16-10-11-19(18(2,3)13-16)14-15-8-6-5-7-9-15/h5-10H,4,11-14H2,1-3H3. The van der Waals surface area contributed by atoms with Gasteiger partial charge in [0.25, 0.3) is 0 Å². The van der Waals surface area contributed by atoms with E-state index in [-0.39, 0.29) is 11.5 Å². The number of carbonyl (C=O) groups is 1. The van der Waals surface area contributed by atoms with Crippen LogP contribution in [-0.4, -0.2) is 29.6 Å². The Bertz CT molecular complexity index is 505. The SMILES string of the molecule is CCOC(=O)CC1=CCN(Cc2ccccc2)C(C)(C)C1. The van der Waals surface area contributed by atoms with Crippen LogP contribution in [0.25, 0.3) is 0 Å². The minimum absolute atomic E-state index is 0.0619. The fourth-order valence-corrected chi connectivity index (χ4v) is 2.84. The normalized spacial score (nSPS) is 18.1. The van der Waals surface area contributed by atoms with Gasteiger partial charge >= 0.3 is 5.97 Å². The molecule has 0 spiro atoms. The fraction of sp³-hybridized carbons (Fsp3) is 0.500. The molecule has 2 rings (SSSR count). The van der Waals surface area contributed by atoms with Crippen molar-refractivity contribution in [3.8, 4) is 0 Å². The van der Waals surface area contributed by atoms with Crippen molar-refractivity contribution in [2.75, 3.05) is 13.2 Å². The zero-order valence-corrected chi connectivity index (χ0v) is 13.3. The van der Waals surface area contributed by atoms with Crippen molar-refractivity contribution in [2.45, 2.75) is 45.7 Å². The Hall–Kier alpha value is -1.61. The highest BCUT2D eigenvalue weighted by molar-refractivity contribution is 5.72. The second-order valence-corrected chi connectivity index (χ2v) is 6.20. The Morgan fingerprint density at radius 3 is 2.62 bits per heavy atom. The summed E-state index contributed by atoms with van der Waals surface area (Å²) >= 11 is 0. The van der Waals surface area contributed by atoms with Crippen LogP contribution < -0.4 is 0 Å². The number of ether oxygens (including phenoxy) is 1. The lowest BCUT2D eigenvalue weighted by atomic mass is 9.87. The highest BCUT2D eigenvalue weighted by Gasteiger charge is 2.31. The van der Waals surface area contributed by atoms with Crippen LogP contribution in [0.2, 0.25) is 0 Å². The number of esters is 1. The van der Waals surface area contributed by atoms with Crippen LogP contribution in [-0.2, 0) is 16.1 Å². The molecule has 0 bridgehead atoms. The van der Waals surface area contributed by atoms with E-state index in [1.807, 2.05) is 13.0 Å². The number of benzene rings is 1. The number of carbonyl (C=O) groups excluding carboxylic acids is 1. The highest BCUT2D eigenvalue weighted by atomic mass is 16.5. The van der Waals surface area contributed by atoms with Crippen LogP contribution >= 0.6 is 0 Å². The number of nitrogens with zero attached hydrogens (tertiary/aromatic N) is 1. The van der Waals surface area contributed by atoms with Gasteiger partial charge in [-0.2, -0.15) is 0 Å². The smallest absolute Gasteiger partial charge is 0.309 e. The lowest BCUT2D eigenvalue weighted by molar-refractivity contribution is -0.142. The van der Waals surface area contributed by atoms with Crippen molar-refractivity contribution in [2.24, 2.45) is 0 Å². The minimum Gasteiger partial charge on any atom is -0.466 e. The van der Waals surface area contributed by atoms with Crippen molar-refractivity contribution in [3.05, 3.63) is 47.5 Å². The molecule has 0 aliphatic carbocycles. The maximum Gasteiger partial charge on any atom is 0.309 e. The number of hydrogen-bond acceptors (Lipinski definition) is 3. The Balaban J connectivity index is 2.00. The molecule has 0 radical (unpaired) electrons.